The number of carbonyl (C=O) groups is 1. The second-order valence-corrected chi connectivity index (χ2v) is 7.46. The first-order chi connectivity index (χ1) is 8.15. The summed E-state index contributed by atoms with van der Waals surface area (Å²) < 4.78 is 26.6. The highest BCUT2D eigenvalue weighted by atomic mass is 32.2. The molecule has 0 bridgehead atoms. The van der Waals surface area contributed by atoms with E-state index in [2.05, 4.69) is 10.0 Å². The SMILES string of the molecule is CCNC(=O)c1cc(S(=O)(=O)NC(C)(C)C)cs1. The molecule has 0 saturated heterocycles. The zero-order chi connectivity index (χ0) is 14.0. The van der Waals surface area contributed by atoms with E-state index in [4.69, 9.17) is 0 Å². The van der Waals surface area contributed by atoms with Crippen molar-refractivity contribution in [1.29, 1.82) is 0 Å². The van der Waals surface area contributed by atoms with Crippen molar-refractivity contribution in [2.24, 2.45) is 0 Å². The molecule has 0 radical (unpaired) electrons. The topological polar surface area (TPSA) is 75.3 Å². The smallest absolute Gasteiger partial charge is 0.261 e. The van der Waals surface area contributed by atoms with Crippen LogP contribution in [0.15, 0.2) is 16.3 Å². The van der Waals surface area contributed by atoms with Gasteiger partial charge in [0.2, 0.25) is 10.0 Å². The molecule has 18 heavy (non-hydrogen) atoms. The van der Waals surface area contributed by atoms with E-state index in [1.165, 1.54) is 11.4 Å². The van der Waals surface area contributed by atoms with E-state index in [9.17, 15) is 13.2 Å². The summed E-state index contributed by atoms with van der Waals surface area (Å²) in [5.41, 5.74) is -0.549. The van der Waals surface area contributed by atoms with Crippen LogP contribution in [-0.4, -0.2) is 26.4 Å². The van der Waals surface area contributed by atoms with Gasteiger partial charge in [0.1, 0.15) is 0 Å². The Morgan fingerprint density at radius 1 is 1.39 bits per heavy atom. The summed E-state index contributed by atoms with van der Waals surface area (Å²) in [4.78, 5) is 12.1. The van der Waals surface area contributed by atoms with Crippen LogP contribution in [0.5, 0.6) is 0 Å². The Hall–Kier alpha value is -0.920. The van der Waals surface area contributed by atoms with Crippen LogP contribution in [0.3, 0.4) is 0 Å². The molecule has 1 aromatic heterocycles. The maximum Gasteiger partial charge on any atom is 0.261 e. The standard InChI is InChI=1S/C11H18N2O3S2/c1-5-12-10(14)9-6-8(7-17-9)18(15,16)13-11(2,3)4/h6-7,13H,5H2,1-4H3,(H,12,14). The van der Waals surface area contributed by atoms with Crippen LogP contribution >= 0.6 is 11.3 Å². The first kappa shape index (κ1) is 15.1. The maximum absolute atomic E-state index is 12.0. The average molecular weight is 290 g/mol. The number of rotatable bonds is 4. The van der Waals surface area contributed by atoms with Crippen molar-refractivity contribution in [2.45, 2.75) is 38.1 Å². The lowest BCUT2D eigenvalue weighted by molar-refractivity contribution is 0.0959. The molecule has 1 aromatic rings. The monoisotopic (exact) mass is 290 g/mol. The summed E-state index contributed by atoms with van der Waals surface area (Å²) in [6, 6.07) is 1.39. The van der Waals surface area contributed by atoms with E-state index < -0.39 is 15.6 Å². The van der Waals surface area contributed by atoms with Crippen LogP contribution in [0, 0.1) is 0 Å². The predicted molar refractivity (Wildman–Crippen MR) is 72.4 cm³/mol. The number of hydrogen-bond acceptors (Lipinski definition) is 4. The zero-order valence-electron chi connectivity index (χ0n) is 10.9. The summed E-state index contributed by atoms with van der Waals surface area (Å²) in [6.07, 6.45) is 0. The van der Waals surface area contributed by atoms with E-state index in [-0.39, 0.29) is 10.8 Å². The molecule has 0 atom stereocenters. The fourth-order valence-corrected chi connectivity index (χ4v) is 3.90. The van der Waals surface area contributed by atoms with Gasteiger partial charge in [-0.05, 0) is 33.8 Å². The second kappa shape index (κ2) is 5.38. The van der Waals surface area contributed by atoms with E-state index in [1.54, 1.807) is 20.8 Å². The predicted octanol–water partition coefficient (Wildman–Crippen LogP) is 1.57. The van der Waals surface area contributed by atoms with Gasteiger partial charge in [-0.2, -0.15) is 0 Å². The molecule has 1 rings (SSSR count). The van der Waals surface area contributed by atoms with Crippen LogP contribution in [0.1, 0.15) is 37.4 Å². The third-order valence-electron chi connectivity index (χ3n) is 1.89. The minimum atomic E-state index is -3.57. The van der Waals surface area contributed by atoms with Gasteiger partial charge in [0.15, 0.2) is 0 Å². The van der Waals surface area contributed by atoms with Crippen LogP contribution in [0.2, 0.25) is 0 Å². The van der Waals surface area contributed by atoms with Gasteiger partial charge in [-0.25, -0.2) is 13.1 Å². The molecule has 7 heteroatoms. The number of sulfonamides is 1. The molecule has 102 valence electrons. The Kier molecular flexibility index (Phi) is 4.52. The van der Waals surface area contributed by atoms with Crippen LogP contribution in [0.4, 0.5) is 0 Å². The molecule has 2 N–H and O–H groups in total. The van der Waals surface area contributed by atoms with Crippen molar-refractivity contribution >= 4 is 27.3 Å². The molecular weight excluding hydrogens is 272 g/mol. The third kappa shape index (κ3) is 4.08. The van der Waals surface area contributed by atoms with Gasteiger partial charge < -0.3 is 5.32 Å². The van der Waals surface area contributed by atoms with E-state index in [0.29, 0.717) is 11.4 Å². The van der Waals surface area contributed by atoms with Gasteiger partial charge in [-0.15, -0.1) is 11.3 Å². The molecule has 0 aliphatic carbocycles. The van der Waals surface area contributed by atoms with Crippen molar-refractivity contribution < 1.29 is 13.2 Å². The molecular formula is C11H18N2O3S2. The normalized spacial score (nSPS) is 12.4. The van der Waals surface area contributed by atoms with Crippen molar-refractivity contribution in [3.8, 4) is 0 Å². The minimum Gasteiger partial charge on any atom is -0.352 e. The van der Waals surface area contributed by atoms with Crippen molar-refractivity contribution in [2.75, 3.05) is 6.54 Å². The Balaban J connectivity index is 2.95. The Morgan fingerprint density at radius 3 is 2.50 bits per heavy atom. The molecule has 1 heterocycles. The summed E-state index contributed by atoms with van der Waals surface area (Å²) in [5, 5.41) is 4.10. The molecule has 0 aliphatic rings. The Morgan fingerprint density at radius 2 is 2.00 bits per heavy atom. The summed E-state index contributed by atoms with van der Waals surface area (Å²) in [6.45, 7) is 7.62. The number of thiophene rings is 1. The van der Waals surface area contributed by atoms with Crippen LogP contribution in [0.25, 0.3) is 0 Å². The number of nitrogens with one attached hydrogen (secondary N) is 2. The fraction of sp³-hybridized carbons (Fsp3) is 0.545. The zero-order valence-corrected chi connectivity index (χ0v) is 12.5. The first-order valence-corrected chi connectivity index (χ1v) is 7.93. The van der Waals surface area contributed by atoms with Crippen LogP contribution < -0.4 is 10.0 Å². The van der Waals surface area contributed by atoms with Crippen molar-refractivity contribution in [3.05, 3.63) is 16.3 Å². The molecule has 0 unspecified atom stereocenters. The quantitative estimate of drug-likeness (QED) is 0.884. The third-order valence-corrected chi connectivity index (χ3v) is 4.70. The highest BCUT2D eigenvalue weighted by molar-refractivity contribution is 7.89. The molecule has 0 aromatic carbocycles. The van der Waals surface area contributed by atoms with Gasteiger partial charge in [-0.3, -0.25) is 4.79 Å². The Labute approximate surface area is 112 Å². The van der Waals surface area contributed by atoms with Gasteiger partial charge in [0.25, 0.3) is 5.91 Å². The van der Waals surface area contributed by atoms with Gasteiger partial charge >= 0.3 is 0 Å². The average Bonchev–Trinajstić information content (AvgIpc) is 2.63. The lowest BCUT2D eigenvalue weighted by atomic mass is 10.1. The molecule has 0 fully saturated rings. The van der Waals surface area contributed by atoms with E-state index in [0.717, 1.165) is 11.3 Å². The lowest BCUT2D eigenvalue weighted by Crippen LogP contribution is -2.40. The highest BCUT2D eigenvalue weighted by Gasteiger charge is 2.23. The number of hydrogen-bond donors (Lipinski definition) is 2. The number of amides is 1. The van der Waals surface area contributed by atoms with Gasteiger partial charge in [0.05, 0.1) is 9.77 Å². The van der Waals surface area contributed by atoms with E-state index >= 15 is 0 Å². The molecule has 1 amide bonds. The fourth-order valence-electron chi connectivity index (χ4n) is 1.29. The molecule has 5 nitrogen and oxygen atoms in total. The summed E-state index contributed by atoms with van der Waals surface area (Å²) in [7, 11) is -3.57. The maximum atomic E-state index is 12.0. The van der Waals surface area contributed by atoms with Crippen molar-refractivity contribution in [1.82, 2.24) is 10.0 Å². The van der Waals surface area contributed by atoms with Gasteiger partial charge in [0, 0.05) is 17.5 Å². The Bertz CT molecular complexity index is 527. The highest BCUT2D eigenvalue weighted by Crippen LogP contribution is 2.20. The van der Waals surface area contributed by atoms with E-state index in [1.807, 2.05) is 6.92 Å². The summed E-state index contributed by atoms with van der Waals surface area (Å²) >= 11 is 1.12. The van der Waals surface area contributed by atoms with Gasteiger partial charge in [-0.1, -0.05) is 0 Å². The summed E-state index contributed by atoms with van der Waals surface area (Å²) in [5.74, 6) is -0.250. The number of carbonyl (C=O) groups excluding carboxylic acids is 1. The molecule has 0 spiro atoms. The molecule has 0 saturated carbocycles. The van der Waals surface area contributed by atoms with Crippen LogP contribution in [-0.2, 0) is 10.0 Å². The second-order valence-electron chi connectivity index (χ2n) is 4.86. The van der Waals surface area contributed by atoms with Crippen molar-refractivity contribution in [3.63, 3.8) is 0 Å². The largest absolute Gasteiger partial charge is 0.352 e. The minimum absolute atomic E-state index is 0.128. The first-order valence-electron chi connectivity index (χ1n) is 5.56. The lowest BCUT2D eigenvalue weighted by Gasteiger charge is -2.19. The molecule has 0 aliphatic heterocycles.